The summed E-state index contributed by atoms with van der Waals surface area (Å²) < 4.78 is 10.7. The van der Waals surface area contributed by atoms with Crippen LogP contribution in [0.3, 0.4) is 0 Å². The van der Waals surface area contributed by atoms with Crippen LogP contribution in [0.1, 0.15) is 23.3 Å². The molecular formula is C13H15N3O3. The molecule has 3 heterocycles. The molecule has 1 fully saturated rings. The zero-order valence-electron chi connectivity index (χ0n) is 10.4. The van der Waals surface area contributed by atoms with E-state index in [9.17, 15) is 4.79 Å². The highest BCUT2D eigenvalue weighted by Crippen LogP contribution is 2.17. The lowest BCUT2D eigenvalue weighted by Crippen LogP contribution is -2.31. The molecule has 1 amide bonds. The lowest BCUT2D eigenvalue weighted by atomic mass is 10.2. The van der Waals surface area contributed by atoms with Crippen LogP contribution in [0.4, 0.5) is 0 Å². The van der Waals surface area contributed by atoms with Crippen molar-refractivity contribution in [1.29, 1.82) is 0 Å². The first-order valence-corrected chi connectivity index (χ1v) is 6.32. The third-order valence-electron chi connectivity index (χ3n) is 3.11. The van der Waals surface area contributed by atoms with Gasteiger partial charge in [-0.3, -0.25) is 9.89 Å². The number of nitrogens with zero attached hydrogens (tertiary/aromatic N) is 1. The van der Waals surface area contributed by atoms with Crippen LogP contribution in [0.5, 0.6) is 0 Å². The highest BCUT2D eigenvalue weighted by molar-refractivity contribution is 5.93. The monoisotopic (exact) mass is 261 g/mol. The molecule has 2 aromatic rings. The average Bonchev–Trinajstić information content (AvgIpc) is 3.14. The standard InChI is InChI=1S/C13H15N3O3/c17-13(14-8-9-3-1-5-18-9)11-7-10(15-16-11)12-4-2-6-19-12/h2,4,6-7,9H,1,3,5,8H2,(H,14,17)(H,15,16)/t9-/m1/s1. The normalized spacial score (nSPS) is 18.6. The molecule has 1 aliphatic rings. The van der Waals surface area contributed by atoms with E-state index in [1.54, 1.807) is 18.4 Å². The third-order valence-corrected chi connectivity index (χ3v) is 3.11. The van der Waals surface area contributed by atoms with Gasteiger partial charge < -0.3 is 14.5 Å². The first kappa shape index (κ1) is 12.0. The summed E-state index contributed by atoms with van der Waals surface area (Å²) >= 11 is 0. The number of nitrogens with one attached hydrogen (secondary N) is 2. The van der Waals surface area contributed by atoms with Gasteiger partial charge in [0.2, 0.25) is 0 Å². The summed E-state index contributed by atoms with van der Waals surface area (Å²) in [5.41, 5.74) is 1.04. The Morgan fingerprint density at radius 3 is 3.26 bits per heavy atom. The molecule has 0 saturated carbocycles. The molecule has 19 heavy (non-hydrogen) atoms. The fourth-order valence-corrected chi connectivity index (χ4v) is 2.10. The van der Waals surface area contributed by atoms with Gasteiger partial charge in [0.05, 0.1) is 12.4 Å². The molecule has 0 aliphatic carbocycles. The quantitative estimate of drug-likeness (QED) is 0.875. The van der Waals surface area contributed by atoms with Gasteiger partial charge in [0.1, 0.15) is 5.69 Å². The largest absolute Gasteiger partial charge is 0.463 e. The Labute approximate surface area is 110 Å². The van der Waals surface area contributed by atoms with E-state index in [-0.39, 0.29) is 12.0 Å². The smallest absolute Gasteiger partial charge is 0.271 e. The van der Waals surface area contributed by atoms with Crippen LogP contribution >= 0.6 is 0 Å². The topological polar surface area (TPSA) is 80.1 Å². The van der Waals surface area contributed by atoms with E-state index in [1.807, 2.05) is 6.07 Å². The molecule has 2 aromatic heterocycles. The minimum atomic E-state index is -0.204. The Kier molecular flexibility index (Phi) is 3.33. The summed E-state index contributed by atoms with van der Waals surface area (Å²) in [5.74, 6) is 0.454. The molecule has 0 spiro atoms. The molecule has 0 aromatic carbocycles. The van der Waals surface area contributed by atoms with Gasteiger partial charge in [-0.1, -0.05) is 0 Å². The lowest BCUT2D eigenvalue weighted by molar-refractivity contribution is 0.0853. The van der Waals surface area contributed by atoms with Crippen molar-refractivity contribution in [2.24, 2.45) is 0 Å². The number of amides is 1. The average molecular weight is 261 g/mol. The van der Waals surface area contributed by atoms with Crippen LogP contribution in [0.25, 0.3) is 11.5 Å². The van der Waals surface area contributed by atoms with Crippen molar-refractivity contribution in [2.45, 2.75) is 18.9 Å². The molecule has 0 bridgehead atoms. The molecule has 2 N–H and O–H groups in total. The van der Waals surface area contributed by atoms with E-state index >= 15 is 0 Å². The zero-order valence-corrected chi connectivity index (χ0v) is 10.4. The Morgan fingerprint density at radius 1 is 1.58 bits per heavy atom. The number of hydrogen-bond donors (Lipinski definition) is 2. The Hall–Kier alpha value is -2.08. The number of hydrogen-bond acceptors (Lipinski definition) is 4. The summed E-state index contributed by atoms with van der Waals surface area (Å²) in [6.07, 6.45) is 3.77. The summed E-state index contributed by atoms with van der Waals surface area (Å²) in [6, 6.07) is 5.26. The molecule has 0 unspecified atom stereocenters. The minimum Gasteiger partial charge on any atom is -0.463 e. The van der Waals surface area contributed by atoms with Crippen molar-refractivity contribution >= 4 is 5.91 Å². The Balaban J connectivity index is 1.60. The Bertz CT molecular complexity index is 541. The molecule has 6 nitrogen and oxygen atoms in total. The van der Waals surface area contributed by atoms with E-state index in [0.29, 0.717) is 23.7 Å². The number of ether oxygens (including phenoxy) is 1. The van der Waals surface area contributed by atoms with E-state index in [2.05, 4.69) is 15.5 Å². The van der Waals surface area contributed by atoms with Crippen LogP contribution in [0.15, 0.2) is 28.9 Å². The second kappa shape index (κ2) is 5.27. The summed E-state index contributed by atoms with van der Waals surface area (Å²) in [7, 11) is 0. The van der Waals surface area contributed by atoms with Gasteiger partial charge in [-0.25, -0.2) is 0 Å². The maximum atomic E-state index is 11.9. The number of carbonyl (C=O) groups is 1. The third kappa shape index (κ3) is 2.68. The molecule has 1 atom stereocenters. The summed E-state index contributed by atoms with van der Waals surface area (Å²) in [5, 5.41) is 9.58. The van der Waals surface area contributed by atoms with Gasteiger partial charge in [0, 0.05) is 19.2 Å². The molecule has 100 valence electrons. The van der Waals surface area contributed by atoms with Gasteiger partial charge in [-0.2, -0.15) is 5.10 Å². The van der Waals surface area contributed by atoms with Crippen molar-refractivity contribution in [1.82, 2.24) is 15.5 Å². The Morgan fingerprint density at radius 2 is 2.53 bits per heavy atom. The van der Waals surface area contributed by atoms with E-state index in [1.165, 1.54) is 0 Å². The highest BCUT2D eigenvalue weighted by atomic mass is 16.5. The number of aromatic nitrogens is 2. The minimum absolute atomic E-state index is 0.132. The molecular weight excluding hydrogens is 246 g/mol. The predicted octanol–water partition coefficient (Wildman–Crippen LogP) is 1.58. The van der Waals surface area contributed by atoms with Crippen LogP contribution in [0.2, 0.25) is 0 Å². The number of rotatable bonds is 4. The molecule has 3 rings (SSSR count). The zero-order chi connectivity index (χ0) is 13.1. The first-order chi connectivity index (χ1) is 9.33. The van der Waals surface area contributed by atoms with Crippen molar-refractivity contribution in [2.75, 3.05) is 13.2 Å². The maximum Gasteiger partial charge on any atom is 0.271 e. The summed E-state index contributed by atoms with van der Waals surface area (Å²) in [6.45, 7) is 1.31. The van der Waals surface area contributed by atoms with Gasteiger partial charge in [-0.15, -0.1) is 0 Å². The fourth-order valence-electron chi connectivity index (χ4n) is 2.10. The van der Waals surface area contributed by atoms with Crippen molar-refractivity contribution in [3.05, 3.63) is 30.2 Å². The molecule has 6 heteroatoms. The number of aromatic amines is 1. The van der Waals surface area contributed by atoms with Crippen LogP contribution in [-0.2, 0) is 4.74 Å². The second-order valence-corrected chi connectivity index (χ2v) is 4.49. The van der Waals surface area contributed by atoms with Crippen LogP contribution in [-0.4, -0.2) is 35.4 Å². The number of furan rings is 1. The number of carbonyl (C=O) groups excluding carboxylic acids is 1. The van der Waals surface area contributed by atoms with Crippen molar-refractivity contribution in [3.63, 3.8) is 0 Å². The van der Waals surface area contributed by atoms with E-state index in [0.717, 1.165) is 19.4 Å². The predicted molar refractivity (Wildman–Crippen MR) is 67.6 cm³/mol. The molecule has 0 radical (unpaired) electrons. The van der Waals surface area contributed by atoms with Crippen molar-refractivity contribution in [3.8, 4) is 11.5 Å². The highest BCUT2D eigenvalue weighted by Gasteiger charge is 2.18. The van der Waals surface area contributed by atoms with Crippen LogP contribution < -0.4 is 5.32 Å². The van der Waals surface area contributed by atoms with E-state index in [4.69, 9.17) is 9.15 Å². The maximum absolute atomic E-state index is 11.9. The van der Waals surface area contributed by atoms with Crippen molar-refractivity contribution < 1.29 is 13.9 Å². The SMILES string of the molecule is O=C(NC[C@H]1CCCO1)c1cc(-c2ccco2)[nH]n1. The van der Waals surface area contributed by atoms with Gasteiger partial charge in [0.15, 0.2) is 11.5 Å². The molecule has 1 aliphatic heterocycles. The van der Waals surface area contributed by atoms with Gasteiger partial charge in [0.25, 0.3) is 5.91 Å². The van der Waals surface area contributed by atoms with E-state index < -0.39 is 0 Å². The second-order valence-electron chi connectivity index (χ2n) is 4.49. The lowest BCUT2D eigenvalue weighted by Gasteiger charge is -2.09. The van der Waals surface area contributed by atoms with Gasteiger partial charge in [-0.05, 0) is 25.0 Å². The fraction of sp³-hybridized carbons (Fsp3) is 0.385. The van der Waals surface area contributed by atoms with Gasteiger partial charge >= 0.3 is 0 Å². The van der Waals surface area contributed by atoms with Crippen LogP contribution in [0, 0.1) is 0 Å². The number of H-pyrrole nitrogens is 1. The molecule has 1 saturated heterocycles. The first-order valence-electron chi connectivity index (χ1n) is 6.32. The summed E-state index contributed by atoms with van der Waals surface area (Å²) in [4.78, 5) is 11.9.